The maximum Gasteiger partial charge on any atom is 0.335 e. The molecule has 0 amide bonds. The minimum absolute atomic E-state index is 0. The van der Waals surface area contributed by atoms with Gasteiger partial charge in [-0.15, -0.1) is 0 Å². The number of carboxylic acids is 4. The topological polar surface area (TPSA) is 328 Å². The summed E-state index contributed by atoms with van der Waals surface area (Å²) in [5.74, 6) is -5.94. The predicted molar refractivity (Wildman–Crippen MR) is 145 cm³/mol. The normalized spacial score (nSPS) is 9.18. The molecule has 8 N–H and O–H groups in total. The van der Waals surface area contributed by atoms with Gasteiger partial charge < -0.3 is 36.2 Å². The Morgan fingerprint density at radius 1 is 0.659 bits per heavy atom. The molecule has 2 heterocycles. The molecule has 0 unspecified atom stereocenters. The van der Waals surface area contributed by atoms with Crippen LogP contribution in [0.15, 0.2) is 85.2 Å². The number of nitrogens with one attached hydrogen (secondary N) is 1. The van der Waals surface area contributed by atoms with Crippen molar-refractivity contribution >= 4 is 35.3 Å². The Morgan fingerprint density at radius 2 is 1.09 bits per heavy atom. The standard InChI is InChI=1S/C10H8N2.2C8H5NO6.2H2O/c1-3-7-11-9(5-1)10-6-2-4-8-12-10;2*10-7(11)4-1-5(8(12)13)3-6(2-4)9(14)15;;/h1-8H;2*1-3H,(H,10,11)(H,12,13);2*1H2. The molecule has 44 heavy (non-hydrogen) atoms. The molecule has 0 saturated carbocycles. The third kappa shape index (κ3) is 11.1. The summed E-state index contributed by atoms with van der Waals surface area (Å²) >= 11 is 0. The molecule has 0 bridgehead atoms. The molecule has 230 valence electrons. The Labute approximate surface area is 245 Å². The molecule has 0 aliphatic carbocycles. The lowest BCUT2D eigenvalue weighted by atomic mass is 10.1. The average molecular weight is 614 g/mol. The van der Waals surface area contributed by atoms with Gasteiger partial charge in [0.1, 0.15) is 5.69 Å². The molecule has 0 aliphatic heterocycles. The molecule has 2 aromatic carbocycles. The lowest BCUT2D eigenvalue weighted by molar-refractivity contribution is -0.385. The number of rotatable bonds is 7. The Bertz CT molecular complexity index is 1370. The van der Waals surface area contributed by atoms with Gasteiger partial charge in [0, 0.05) is 48.2 Å². The van der Waals surface area contributed by atoms with Crippen LogP contribution in [0.2, 0.25) is 0 Å². The van der Waals surface area contributed by atoms with Crippen LogP contribution in [0.4, 0.5) is 11.4 Å². The van der Waals surface area contributed by atoms with Gasteiger partial charge in [-0.05, 0) is 30.3 Å². The van der Waals surface area contributed by atoms with Gasteiger partial charge in [-0.1, -0.05) is 6.07 Å². The van der Waals surface area contributed by atoms with Crippen molar-refractivity contribution in [2.75, 3.05) is 0 Å². The van der Waals surface area contributed by atoms with Gasteiger partial charge in [0.15, 0.2) is 6.20 Å². The number of non-ortho nitro benzene ring substituents is 2. The number of H-pyrrole nitrogens is 1. The molecule has 2 aromatic heterocycles. The van der Waals surface area contributed by atoms with Crippen molar-refractivity contribution < 1.29 is 65.4 Å². The van der Waals surface area contributed by atoms with Gasteiger partial charge >= 0.3 is 17.9 Å². The first-order chi connectivity index (χ1) is 19.8. The van der Waals surface area contributed by atoms with E-state index >= 15 is 0 Å². The average Bonchev–Trinajstić information content (AvgIpc) is 2.98. The molecule has 18 heteroatoms. The first-order valence-electron chi connectivity index (χ1n) is 11.2. The molecule has 0 saturated heterocycles. The van der Waals surface area contributed by atoms with Gasteiger partial charge in [0.05, 0.1) is 32.5 Å². The van der Waals surface area contributed by atoms with Crippen LogP contribution in [-0.4, -0.2) is 65.0 Å². The second kappa shape index (κ2) is 17.2. The minimum atomic E-state index is -1.67. The van der Waals surface area contributed by atoms with E-state index in [1.54, 1.807) is 6.20 Å². The van der Waals surface area contributed by atoms with E-state index in [4.69, 9.17) is 15.3 Å². The van der Waals surface area contributed by atoms with Gasteiger partial charge in [0.2, 0.25) is 5.69 Å². The largest absolute Gasteiger partial charge is 0.545 e. The summed E-state index contributed by atoms with van der Waals surface area (Å²) in [6.45, 7) is 0. The molecule has 4 aromatic rings. The highest BCUT2D eigenvalue weighted by molar-refractivity contribution is 5.95. The number of aromatic nitrogens is 2. The number of nitro groups is 2. The van der Waals surface area contributed by atoms with Crippen molar-refractivity contribution in [2.24, 2.45) is 0 Å². The Kier molecular flexibility index (Phi) is 14.6. The van der Waals surface area contributed by atoms with Crippen molar-refractivity contribution in [1.82, 2.24) is 4.98 Å². The van der Waals surface area contributed by atoms with E-state index in [-0.39, 0.29) is 11.0 Å². The zero-order valence-corrected chi connectivity index (χ0v) is 21.9. The summed E-state index contributed by atoms with van der Waals surface area (Å²) < 4.78 is 0. The van der Waals surface area contributed by atoms with Crippen LogP contribution in [0, 0.1) is 20.2 Å². The number of nitro benzene ring substituents is 2. The van der Waals surface area contributed by atoms with Crippen molar-refractivity contribution in [3.8, 4) is 11.4 Å². The van der Waals surface area contributed by atoms with E-state index in [1.165, 1.54) is 0 Å². The number of hydrogen-bond acceptors (Lipinski definition) is 10. The zero-order valence-electron chi connectivity index (χ0n) is 21.9. The van der Waals surface area contributed by atoms with E-state index in [2.05, 4.69) is 9.97 Å². The molecule has 0 aliphatic rings. The van der Waals surface area contributed by atoms with E-state index in [1.807, 2.05) is 42.6 Å². The summed E-state index contributed by atoms with van der Waals surface area (Å²) in [6.07, 6.45) is 3.68. The fourth-order valence-electron chi connectivity index (χ4n) is 3.00. The van der Waals surface area contributed by atoms with Crippen molar-refractivity contribution in [1.29, 1.82) is 0 Å². The number of aromatic carboxylic acids is 4. The molecule has 4 rings (SSSR count). The summed E-state index contributed by atoms with van der Waals surface area (Å²) in [6, 6.07) is 16.6. The van der Waals surface area contributed by atoms with Crippen LogP contribution in [0.1, 0.15) is 41.4 Å². The zero-order chi connectivity index (χ0) is 31.4. The molecule has 0 spiro atoms. The fraction of sp³-hybridized carbons (Fsp3) is 0. The highest BCUT2D eigenvalue weighted by atomic mass is 16.6. The van der Waals surface area contributed by atoms with E-state index in [0.29, 0.717) is 0 Å². The number of nitrogens with zero attached hydrogens (tertiary/aromatic N) is 3. The second-order valence-corrected chi connectivity index (χ2v) is 7.75. The van der Waals surface area contributed by atoms with Crippen LogP contribution >= 0.6 is 0 Å². The lowest BCUT2D eigenvalue weighted by Crippen LogP contribution is -2.22. The number of carbonyl (C=O) groups is 4. The molecular formula is C26H22N4O14. The lowest BCUT2D eigenvalue weighted by Gasteiger charge is -2.03. The van der Waals surface area contributed by atoms with E-state index in [9.17, 15) is 44.5 Å². The number of aromatic amines is 1. The Hall–Kier alpha value is -6.66. The van der Waals surface area contributed by atoms with Crippen molar-refractivity contribution in [3.63, 3.8) is 0 Å². The summed E-state index contributed by atoms with van der Waals surface area (Å²) in [7, 11) is 0. The number of benzene rings is 2. The maximum absolute atomic E-state index is 10.5. The van der Waals surface area contributed by atoms with Crippen molar-refractivity contribution in [3.05, 3.63) is 128 Å². The van der Waals surface area contributed by atoms with Crippen LogP contribution in [0.3, 0.4) is 0 Å². The van der Waals surface area contributed by atoms with E-state index < -0.39 is 67.4 Å². The number of hydrogen-bond donors (Lipinski definition) is 3. The van der Waals surface area contributed by atoms with Crippen LogP contribution in [0.25, 0.3) is 11.4 Å². The van der Waals surface area contributed by atoms with Crippen molar-refractivity contribution in [2.45, 2.75) is 0 Å². The summed E-state index contributed by atoms with van der Waals surface area (Å²) in [4.78, 5) is 68.3. The second-order valence-electron chi connectivity index (χ2n) is 7.75. The molecule has 0 fully saturated rings. The fourth-order valence-corrected chi connectivity index (χ4v) is 3.00. The smallest absolute Gasteiger partial charge is 0.335 e. The Morgan fingerprint density at radius 3 is 1.43 bits per heavy atom. The predicted octanol–water partition coefficient (Wildman–Crippen LogP) is 0.561. The number of carbonyl (C=O) groups excluding carboxylic acids is 1. The van der Waals surface area contributed by atoms with Crippen LogP contribution in [-0.2, 0) is 0 Å². The number of pyridine rings is 2. The third-order valence-corrected chi connectivity index (χ3v) is 4.88. The summed E-state index contributed by atoms with van der Waals surface area (Å²) in [5, 5.41) is 56.9. The maximum atomic E-state index is 10.5. The first-order valence-corrected chi connectivity index (χ1v) is 11.2. The number of carboxylic acid groups (broad SMARTS) is 4. The quantitative estimate of drug-likeness (QED) is 0.189. The molecular weight excluding hydrogens is 592 g/mol. The van der Waals surface area contributed by atoms with Gasteiger partial charge in [-0.3, -0.25) is 20.2 Å². The molecule has 0 atom stereocenters. The van der Waals surface area contributed by atoms with Gasteiger partial charge in [-0.2, -0.15) is 0 Å². The van der Waals surface area contributed by atoms with Crippen LogP contribution < -0.4 is 10.1 Å². The highest BCUT2D eigenvalue weighted by Gasteiger charge is 2.17. The van der Waals surface area contributed by atoms with E-state index in [0.717, 1.165) is 47.8 Å². The third-order valence-electron chi connectivity index (χ3n) is 4.88. The highest BCUT2D eigenvalue weighted by Crippen LogP contribution is 2.18. The van der Waals surface area contributed by atoms with Gasteiger partial charge in [-0.25, -0.2) is 24.4 Å². The molecule has 0 radical (unpaired) electrons. The Balaban J connectivity index is 0.000000620. The minimum Gasteiger partial charge on any atom is -0.545 e. The summed E-state index contributed by atoms with van der Waals surface area (Å²) in [5.41, 5.74) is -1.02. The van der Waals surface area contributed by atoms with Gasteiger partial charge in [0.25, 0.3) is 11.4 Å². The SMILES string of the molecule is O.O.O=C(O)c1cc(C(=O)O)cc([N+](=O)[O-])c1.O=C([O-])c1cc(C(=O)O)cc([N+](=O)[O-])c1.c1ccc(-c2cccc[nH+]2)nc1. The monoisotopic (exact) mass is 614 g/mol. The first kappa shape index (κ1) is 37.3. The van der Waals surface area contributed by atoms with Crippen LogP contribution in [0.5, 0.6) is 0 Å². The molecule has 18 nitrogen and oxygen atoms in total.